The molecule has 7 heteroatoms. The van der Waals surface area contributed by atoms with Crippen molar-refractivity contribution in [3.63, 3.8) is 0 Å². The van der Waals surface area contributed by atoms with Gasteiger partial charge in [0.2, 0.25) is 0 Å². The Morgan fingerprint density at radius 3 is 2.91 bits per heavy atom. The summed E-state index contributed by atoms with van der Waals surface area (Å²) in [5.41, 5.74) is 1.98. The van der Waals surface area contributed by atoms with E-state index in [0.29, 0.717) is 29.7 Å². The number of hydrogen-bond donors (Lipinski definition) is 2. The van der Waals surface area contributed by atoms with Crippen LogP contribution in [0.15, 0.2) is 59.7 Å². The van der Waals surface area contributed by atoms with Crippen molar-refractivity contribution in [2.75, 3.05) is 13.1 Å². The molecule has 1 saturated heterocycles. The third-order valence-electron chi connectivity index (χ3n) is 6.37. The van der Waals surface area contributed by atoms with Crippen molar-refractivity contribution in [2.24, 2.45) is 0 Å². The number of nitrogens with zero attached hydrogens (tertiary/aromatic N) is 4. The van der Waals surface area contributed by atoms with Crippen LogP contribution >= 0.6 is 0 Å². The van der Waals surface area contributed by atoms with Gasteiger partial charge in [0.1, 0.15) is 0 Å². The van der Waals surface area contributed by atoms with Gasteiger partial charge >= 0.3 is 0 Å². The number of β-amino-alcohol motifs (C(OH)–C–C–N with tert-alkyl or cyclic N) is 1. The van der Waals surface area contributed by atoms with Gasteiger partial charge in [-0.05, 0) is 50.9 Å². The molecular formula is C26H31N5O2. The van der Waals surface area contributed by atoms with E-state index >= 15 is 0 Å². The van der Waals surface area contributed by atoms with E-state index in [0.717, 1.165) is 31.5 Å². The molecule has 0 amide bonds. The summed E-state index contributed by atoms with van der Waals surface area (Å²) in [5.74, 6) is 0. The second-order valence-corrected chi connectivity index (χ2v) is 9.49. The lowest BCUT2D eigenvalue weighted by Gasteiger charge is -2.33. The molecule has 1 fully saturated rings. The number of likely N-dealkylation sites (tertiary alicyclic amines) is 1. The normalized spacial score (nSPS) is 17.8. The van der Waals surface area contributed by atoms with Gasteiger partial charge < -0.3 is 10.4 Å². The molecule has 1 aromatic heterocycles. The van der Waals surface area contributed by atoms with Crippen molar-refractivity contribution in [1.82, 2.24) is 19.8 Å². The maximum atomic E-state index is 12.8. The summed E-state index contributed by atoms with van der Waals surface area (Å²) in [6.07, 6.45) is 3.06. The molecule has 0 unspecified atom stereocenters. The lowest BCUT2D eigenvalue weighted by Crippen LogP contribution is -2.51. The number of benzene rings is 2. The number of fused-ring (bicyclic) bond motifs is 1. The monoisotopic (exact) mass is 445 g/mol. The lowest BCUT2D eigenvalue weighted by molar-refractivity contribution is 0.0622. The molecule has 0 radical (unpaired) electrons. The van der Waals surface area contributed by atoms with Crippen molar-refractivity contribution in [1.29, 1.82) is 0 Å². The first-order valence-electron chi connectivity index (χ1n) is 11.4. The SMILES string of the molecule is [C-]#[N+]c1cccc(CN2CCC[C@@H]2[C@H](O)CNC(C)(C)Cn2cnc3ccccc3c2=O)c1. The Hall–Kier alpha value is -3.05. The Morgan fingerprint density at radius 2 is 2.09 bits per heavy atom. The molecule has 7 nitrogen and oxygen atoms in total. The molecule has 3 aromatic rings. The van der Waals surface area contributed by atoms with Gasteiger partial charge in [-0.3, -0.25) is 14.3 Å². The molecule has 0 saturated carbocycles. The Labute approximate surface area is 194 Å². The Morgan fingerprint density at radius 1 is 1.27 bits per heavy atom. The fourth-order valence-electron chi connectivity index (χ4n) is 4.66. The Bertz CT molecular complexity index is 1210. The van der Waals surface area contributed by atoms with Crippen LogP contribution in [-0.4, -0.2) is 50.3 Å². The van der Waals surface area contributed by atoms with Gasteiger partial charge in [-0.1, -0.05) is 36.4 Å². The molecule has 0 spiro atoms. The highest BCUT2D eigenvalue weighted by atomic mass is 16.3. The third kappa shape index (κ3) is 5.48. The summed E-state index contributed by atoms with van der Waals surface area (Å²) in [4.78, 5) is 23.1. The summed E-state index contributed by atoms with van der Waals surface area (Å²) in [6, 6.07) is 15.1. The van der Waals surface area contributed by atoms with E-state index in [1.165, 1.54) is 0 Å². The van der Waals surface area contributed by atoms with Gasteiger partial charge in [0.05, 0.1) is 29.9 Å². The first kappa shape index (κ1) is 23.1. The van der Waals surface area contributed by atoms with Crippen LogP contribution in [0.4, 0.5) is 5.69 Å². The van der Waals surface area contributed by atoms with Crippen LogP contribution in [0.2, 0.25) is 0 Å². The highest BCUT2D eigenvalue weighted by Crippen LogP contribution is 2.24. The largest absolute Gasteiger partial charge is 0.390 e. The van der Waals surface area contributed by atoms with Gasteiger partial charge in [-0.15, -0.1) is 0 Å². The van der Waals surface area contributed by atoms with E-state index in [4.69, 9.17) is 6.57 Å². The van der Waals surface area contributed by atoms with E-state index in [-0.39, 0.29) is 11.6 Å². The zero-order chi connectivity index (χ0) is 23.4. The quantitative estimate of drug-likeness (QED) is 0.520. The molecule has 1 aliphatic rings. The molecule has 33 heavy (non-hydrogen) atoms. The van der Waals surface area contributed by atoms with Gasteiger partial charge in [0.25, 0.3) is 5.56 Å². The number of aliphatic hydroxyl groups is 1. The third-order valence-corrected chi connectivity index (χ3v) is 6.37. The van der Waals surface area contributed by atoms with Crippen LogP contribution in [0.3, 0.4) is 0 Å². The second kappa shape index (κ2) is 9.84. The van der Waals surface area contributed by atoms with Crippen LogP contribution in [-0.2, 0) is 13.1 Å². The number of hydrogen-bond acceptors (Lipinski definition) is 5. The fourth-order valence-corrected chi connectivity index (χ4v) is 4.66. The van der Waals surface area contributed by atoms with Crippen LogP contribution < -0.4 is 10.9 Å². The van der Waals surface area contributed by atoms with Crippen molar-refractivity contribution < 1.29 is 5.11 Å². The predicted molar refractivity (Wildman–Crippen MR) is 130 cm³/mol. The van der Waals surface area contributed by atoms with E-state index in [1.54, 1.807) is 17.0 Å². The molecule has 172 valence electrons. The number of para-hydroxylation sites is 1. The molecule has 2 atom stereocenters. The second-order valence-electron chi connectivity index (χ2n) is 9.49. The van der Waals surface area contributed by atoms with E-state index in [2.05, 4.69) is 20.0 Å². The first-order valence-corrected chi connectivity index (χ1v) is 11.4. The minimum atomic E-state index is -0.526. The smallest absolute Gasteiger partial charge is 0.261 e. The Kier molecular flexibility index (Phi) is 6.89. The maximum Gasteiger partial charge on any atom is 0.261 e. The molecule has 4 rings (SSSR count). The maximum absolute atomic E-state index is 12.8. The van der Waals surface area contributed by atoms with Crippen molar-refractivity contribution in [3.05, 3.63) is 82.2 Å². The standard InChI is InChI=1S/C26H31N5O2/c1-26(2,17-31-18-28-22-11-5-4-10-21(22)25(31)33)29-15-24(32)23-12-7-13-30(23)16-19-8-6-9-20(14-19)27-3/h4-6,8-11,14,18,23-24,29,32H,7,12-13,15-17H2,1-2H3/t23-,24-/m1/s1. The fraction of sp³-hybridized carbons (Fsp3) is 0.423. The summed E-state index contributed by atoms with van der Waals surface area (Å²) >= 11 is 0. The first-order chi connectivity index (χ1) is 15.9. The average molecular weight is 446 g/mol. The zero-order valence-electron chi connectivity index (χ0n) is 19.2. The van der Waals surface area contributed by atoms with Gasteiger partial charge in [-0.2, -0.15) is 0 Å². The molecule has 0 bridgehead atoms. The van der Waals surface area contributed by atoms with Crippen molar-refractivity contribution in [3.8, 4) is 0 Å². The van der Waals surface area contributed by atoms with Gasteiger partial charge in [0, 0.05) is 31.2 Å². The van der Waals surface area contributed by atoms with Gasteiger partial charge in [-0.25, -0.2) is 9.83 Å². The number of nitrogens with one attached hydrogen (secondary N) is 1. The Balaban J connectivity index is 1.38. The molecule has 2 N–H and O–H groups in total. The van der Waals surface area contributed by atoms with E-state index in [9.17, 15) is 9.90 Å². The zero-order valence-corrected chi connectivity index (χ0v) is 19.2. The molecular weight excluding hydrogens is 414 g/mol. The minimum absolute atomic E-state index is 0.0559. The summed E-state index contributed by atoms with van der Waals surface area (Å²) < 4.78 is 1.63. The van der Waals surface area contributed by atoms with Crippen LogP contribution in [0.1, 0.15) is 32.3 Å². The molecule has 0 aliphatic carbocycles. The van der Waals surface area contributed by atoms with E-state index < -0.39 is 11.6 Å². The number of aromatic nitrogens is 2. The number of rotatable bonds is 8. The highest BCUT2D eigenvalue weighted by molar-refractivity contribution is 5.76. The number of aliphatic hydroxyl groups excluding tert-OH is 1. The minimum Gasteiger partial charge on any atom is -0.390 e. The van der Waals surface area contributed by atoms with Crippen LogP contribution in [0.5, 0.6) is 0 Å². The van der Waals surface area contributed by atoms with Crippen LogP contribution in [0.25, 0.3) is 15.7 Å². The lowest BCUT2D eigenvalue weighted by atomic mass is 10.0. The van der Waals surface area contributed by atoms with Crippen molar-refractivity contribution >= 4 is 16.6 Å². The highest BCUT2D eigenvalue weighted by Gasteiger charge is 2.31. The molecule has 1 aliphatic heterocycles. The summed E-state index contributed by atoms with van der Waals surface area (Å²) in [6.45, 7) is 13.8. The predicted octanol–water partition coefficient (Wildman–Crippen LogP) is 3.34. The topological polar surface area (TPSA) is 74.8 Å². The van der Waals surface area contributed by atoms with E-state index in [1.807, 2.05) is 56.3 Å². The van der Waals surface area contributed by atoms with Gasteiger partial charge in [0.15, 0.2) is 5.69 Å². The van der Waals surface area contributed by atoms with Crippen LogP contribution in [0, 0.1) is 6.57 Å². The molecule has 2 aromatic carbocycles. The van der Waals surface area contributed by atoms with Crippen molar-refractivity contribution in [2.45, 2.75) is 57.5 Å². The summed E-state index contributed by atoms with van der Waals surface area (Å²) in [5, 5.41) is 15.1. The summed E-state index contributed by atoms with van der Waals surface area (Å²) in [7, 11) is 0. The average Bonchev–Trinajstić information content (AvgIpc) is 3.28. The molecule has 2 heterocycles.